The summed E-state index contributed by atoms with van der Waals surface area (Å²) in [4.78, 5) is 42.7. The van der Waals surface area contributed by atoms with Gasteiger partial charge in [-0.05, 0) is 44.5 Å². The molecule has 0 unspecified atom stereocenters. The van der Waals surface area contributed by atoms with Crippen molar-refractivity contribution in [1.29, 1.82) is 0 Å². The van der Waals surface area contributed by atoms with Gasteiger partial charge < -0.3 is 35.6 Å². The second kappa shape index (κ2) is 9.34. The van der Waals surface area contributed by atoms with E-state index in [2.05, 4.69) is 11.8 Å². The summed E-state index contributed by atoms with van der Waals surface area (Å²) in [6.07, 6.45) is 1.87. The monoisotopic (exact) mass is 509 g/mol. The molecule has 1 aromatic rings. The second-order valence-electron chi connectivity index (χ2n) is 10.1. The van der Waals surface area contributed by atoms with E-state index in [0.717, 1.165) is 0 Å². The molecule has 4 rings (SSSR count). The number of carbonyl (C=O) groups is 3. The molecule has 0 radical (unpaired) electrons. The lowest BCUT2D eigenvalue weighted by molar-refractivity contribution is -0.160. The molecule has 0 aromatic heterocycles. The maximum absolute atomic E-state index is 13.9. The number of rotatable bonds is 4. The summed E-state index contributed by atoms with van der Waals surface area (Å²) in [5, 5.41) is 34.2. The fraction of sp³-hybridized carbons (Fsp3) is 0.444. The molecule has 1 saturated carbocycles. The third-order valence-corrected chi connectivity index (χ3v) is 7.52. The predicted molar refractivity (Wildman–Crippen MR) is 136 cm³/mol. The van der Waals surface area contributed by atoms with Crippen LogP contribution >= 0.6 is 0 Å². The fourth-order valence-electron chi connectivity index (χ4n) is 5.81. The molecule has 196 valence electrons. The maximum Gasteiger partial charge on any atom is 0.252 e. The number of nitrogens with zero attached hydrogens (tertiary/aromatic N) is 2. The quantitative estimate of drug-likeness (QED) is 0.252. The van der Waals surface area contributed by atoms with Crippen LogP contribution in [0.25, 0.3) is 5.76 Å². The highest BCUT2D eigenvalue weighted by Gasteiger charge is 2.63. The van der Waals surface area contributed by atoms with Gasteiger partial charge in [-0.3, -0.25) is 14.4 Å². The van der Waals surface area contributed by atoms with E-state index in [1.54, 1.807) is 25.1 Å². The van der Waals surface area contributed by atoms with Gasteiger partial charge in [0.25, 0.3) is 5.91 Å². The summed E-state index contributed by atoms with van der Waals surface area (Å²) in [5.41, 5.74) is 3.82. The number of anilines is 1. The number of amides is 1. The average Bonchev–Trinajstić information content (AvgIpc) is 2.82. The van der Waals surface area contributed by atoms with Gasteiger partial charge >= 0.3 is 0 Å². The number of likely N-dealkylation sites (N-methyl/N-ethyl adjacent to an activating group) is 1. The van der Waals surface area contributed by atoms with Crippen molar-refractivity contribution in [3.63, 3.8) is 0 Å². The number of fused-ring (bicyclic) bond motifs is 3. The second-order valence-corrected chi connectivity index (χ2v) is 10.1. The summed E-state index contributed by atoms with van der Waals surface area (Å²) >= 11 is 0. The first-order chi connectivity index (χ1) is 17.4. The average molecular weight is 510 g/mol. The van der Waals surface area contributed by atoms with Crippen LogP contribution in [0.4, 0.5) is 5.69 Å². The summed E-state index contributed by atoms with van der Waals surface area (Å²) in [5.74, 6) is 0.262. The molecule has 1 aromatic carbocycles. The Labute approximate surface area is 215 Å². The molecule has 10 nitrogen and oxygen atoms in total. The number of nitrogens with two attached hydrogens (primary N) is 1. The van der Waals surface area contributed by atoms with Crippen LogP contribution in [0.15, 0.2) is 23.3 Å². The normalized spacial score (nSPS) is 26.6. The largest absolute Gasteiger partial charge is 0.507 e. The van der Waals surface area contributed by atoms with E-state index in [1.165, 1.54) is 13.2 Å². The number of aromatic hydroxyl groups is 1. The molecule has 0 heterocycles. The zero-order valence-corrected chi connectivity index (χ0v) is 21.5. The van der Waals surface area contributed by atoms with E-state index in [4.69, 9.17) is 10.5 Å². The van der Waals surface area contributed by atoms with Gasteiger partial charge in [0.1, 0.15) is 18.1 Å². The highest BCUT2D eigenvalue weighted by atomic mass is 16.5. The minimum Gasteiger partial charge on any atom is -0.507 e. The van der Waals surface area contributed by atoms with Crippen LogP contribution in [0.2, 0.25) is 0 Å². The van der Waals surface area contributed by atoms with Crippen molar-refractivity contribution in [1.82, 2.24) is 4.90 Å². The van der Waals surface area contributed by atoms with E-state index in [1.807, 2.05) is 19.0 Å². The Bertz CT molecular complexity index is 1330. The predicted octanol–water partition coefficient (Wildman–Crippen LogP) is 0.142. The third-order valence-electron chi connectivity index (χ3n) is 7.52. The Kier molecular flexibility index (Phi) is 6.67. The lowest BCUT2D eigenvalue weighted by atomic mass is 9.57. The van der Waals surface area contributed by atoms with Gasteiger partial charge in [-0.1, -0.05) is 17.9 Å². The van der Waals surface area contributed by atoms with Crippen molar-refractivity contribution in [2.75, 3.05) is 46.8 Å². The molecule has 10 heteroatoms. The van der Waals surface area contributed by atoms with E-state index in [9.17, 15) is 29.7 Å². The van der Waals surface area contributed by atoms with E-state index >= 15 is 0 Å². The zero-order valence-electron chi connectivity index (χ0n) is 21.5. The number of hydrogen-bond donors (Lipinski definition) is 4. The van der Waals surface area contributed by atoms with Gasteiger partial charge in [0.2, 0.25) is 11.6 Å². The molecule has 0 saturated heterocycles. The molecule has 0 spiro atoms. The Morgan fingerprint density at radius 3 is 2.46 bits per heavy atom. The molecule has 3 aliphatic carbocycles. The number of Topliss-reactive ketones (excluding diaryl/α,β-unsaturated/α-hetero) is 2. The number of primary amides is 1. The van der Waals surface area contributed by atoms with Gasteiger partial charge in [-0.15, -0.1) is 0 Å². The lowest BCUT2D eigenvalue weighted by Gasteiger charge is -2.49. The third kappa shape index (κ3) is 3.91. The molecule has 1 amide bonds. The smallest absolute Gasteiger partial charge is 0.252 e. The van der Waals surface area contributed by atoms with Crippen LogP contribution in [-0.4, -0.2) is 91.2 Å². The van der Waals surface area contributed by atoms with Crippen molar-refractivity contribution in [2.24, 2.45) is 17.6 Å². The minimum absolute atomic E-state index is 0.0349. The highest BCUT2D eigenvalue weighted by molar-refractivity contribution is 6.32. The summed E-state index contributed by atoms with van der Waals surface area (Å²) in [7, 11) is 8.56. The van der Waals surface area contributed by atoms with Crippen LogP contribution in [0, 0.1) is 23.7 Å². The van der Waals surface area contributed by atoms with Crippen molar-refractivity contribution >= 4 is 28.9 Å². The Morgan fingerprint density at radius 1 is 1.22 bits per heavy atom. The van der Waals surface area contributed by atoms with Crippen LogP contribution < -0.4 is 10.6 Å². The van der Waals surface area contributed by atoms with E-state index in [0.29, 0.717) is 11.3 Å². The van der Waals surface area contributed by atoms with Crippen LogP contribution in [0.3, 0.4) is 0 Å². The van der Waals surface area contributed by atoms with Crippen molar-refractivity contribution < 1.29 is 34.4 Å². The number of ether oxygens (including phenoxy) is 1. The molecule has 0 bridgehead atoms. The van der Waals surface area contributed by atoms with Crippen molar-refractivity contribution in [3.8, 4) is 17.6 Å². The number of methoxy groups -OCH3 is 1. The standard InChI is InChI=1S/C27H31N3O7/c1-29(2)18-11-13(7-6-8-37-5)22(31)21-15(18)9-14-10-17-19(30(3)4)12-16(26(28)35)24(33)27(17,36)25(34)20(14)23(21)32/h11-12,14,17,19,31-32,36H,8-10H2,1-5H3,(H2,28,35)/t14-,17-,19+,27+/m0/s1. The topological polar surface area (TPSA) is 154 Å². The summed E-state index contributed by atoms with van der Waals surface area (Å²) < 4.78 is 4.95. The number of aliphatic hydroxyl groups excluding tert-OH is 1. The van der Waals surface area contributed by atoms with Crippen LogP contribution in [0.1, 0.15) is 23.1 Å². The molecule has 5 N–H and O–H groups in total. The molecular weight excluding hydrogens is 478 g/mol. The number of ketones is 2. The fourth-order valence-corrected chi connectivity index (χ4v) is 5.81. The van der Waals surface area contributed by atoms with Gasteiger partial charge in [0.05, 0.1) is 16.7 Å². The van der Waals surface area contributed by atoms with Gasteiger partial charge in [0, 0.05) is 44.4 Å². The van der Waals surface area contributed by atoms with Gasteiger partial charge in [-0.25, -0.2) is 0 Å². The summed E-state index contributed by atoms with van der Waals surface area (Å²) in [6, 6.07) is 1.09. The first-order valence-corrected chi connectivity index (χ1v) is 11.8. The van der Waals surface area contributed by atoms with E-state index < -0.39 is 52.3 Å². The summed E-state index contributed by atoms with van der Waals surface area (Å²) in [6.45, 7) is 0.126. The molecule has 4 atom stereocenters. The van der Waals surface area contributed by atoms with Crippen LogP contribution in [0.5, 0.6) is 5.75 Å². The first-order valence-electron chi connectivity index (χ1n) is 11.8. The maximum atomic E-state index is 13.9. The van der Waals surface area contributed by atoms with E-state index in [-0.39, 0.29) is 41.9 Å². The SMILES string of the molecule is COCC#Cc1cc(N(C)C)c2c(c1O)C(O)=C1C(=O)[C@]3(O)C(=O)C(C(N)=O)=C[C@@H](N(C)C)[C@@H]3C[C@@H]1C2. The number of hydrogen-bond acceptors (Lipinski definition) is 9. The molecular formula is C27H31N3O7. The van der Waals surface area contributed by atoms with Crippen molar-refractivity contribution in [3.05, 3.63) is 40.0 Å². The van der Waals surface area contributed by atoms with Gasteiger partial charge in [-0.2, -0.15) is 0 Å². The number of phenolic OH excluding ortho intramolecular Hbond substituents is 1. The lowest BCUT2D eigenvalue weighted by Crippen LogP contribution is -2.65. The Balaban J connectivity index is 1.95. The molecule has 1 fully saturated rings. The van der Waals surface area contributed by atoms with Crippen molar-refractivity contribution in [2.45, 2.75) is 24.5 Å². The number of carbonyl (C=O) groups excluding carboxylic acids is 3. The molecule has 37 heavy (non-hydrogen) atoms. The Hall–Kier alpha value is -3.65. The number of benzene rings is 1. The highest BCUT2D eigenvalue weighted by Crippen LogP contribution is 2.52. The molecule has 3 aliphatic rings. The number of phenols is 1. The number of aliphatic hydroxyl groups is 2. The zero-order chi connectivity index (χ0) is 27.4. The van der Waals surface area contributed by atoms with Gasteiger partial charge in [0.15, 0.2) is 5.60 Å². The first kappa shape index (κ1) is 26.4. The minimum atomic E-state index is -2.58. The van der Waals surface area contributed by atoms with Crippen LogP contribution in [-0.2, 0) is 25.5 Å². The Morgan fingerprint density at radius 2 is 1.89 bits per heavy atom. The molecule has 0 aliphatic heterocycles.